The molecule has 102 valence electrons. The SMILES string of the molecule is CC(NC(=O)c1cccc(F)n1)C(=O)N1CCCC1. The lowest BCUT2D eigenvalue weighted by Crippen LogP contribution is -2.46. The molecule has 1 N–H and O–H groups in total. The third-order valence-corrected chi connectivity index (χ3v) is 3.08. The zero-order chi connectivity index (χ0) is 13.8. The summed E-state index contributed by atoms with van der Waals surface area (Å²) < 4.78 is 12.9. The molecule has 2 heterocycles. The quantitative estimate of drug-likeness (QED) is 0.828. The molecule has 1 aromatic heterocycles. The second-order valence-corrected chi connectivity index (χ2v) is 4.57. The first-order chi connectivity index (χ1) is 9.08. The van der Waals surface area contributed by atoms with Gasteiger partial charge in [-0.1, -0.05) is 6.07 Å². The van der Waals surface area contributed by atoms with Crippen molar-refractivity contribution in [1.82, 2.24) is 15.2 Å². The second-order valence-electron chi connectivity index (χ2n) is 4.57. The standard InChI is InChI=1S/C13H16FN3O2/c1-9(13(19)17-7-2-3-8-17)15-12(18)10-5-4-6-11(14)16-10/h4-6,9H,2-3,7-8H2,1H3,(H,15,18). The molecule has 0 radical (unpaired) electrons. The van der Waals surface area contributed by atoms with Gasteiger partial charge in [-0.15, -0.1) is 0 Å². The smallest absolute Gasteiger partial charge is 0.270 e. The molecule has 0 spiro atoms. The molecule has 0 bridgehead atoms. The molecule has 19 heavy (non-hydrogen) atoms. The molecule has 0 aliphatic carbocycles. The average molecular weight is 265 g/mol. The highest BCUT2D eigenvalue weighted by Crippen LogP contribution is 2.09. The largest absolute Gasteiger partial charge is 0.341 e. The van der Waals surface area contributed by atoms with Crippen molar-refractivity contribution >= 4 is 11.8 Å². The Morgan fingerprint density at radius 2 is 2.05 bits per heavy atom. The van der Waals surface area contributed by atoms with Crippen LogP contribution in [0.25, 0.3) is 0 Å². The lowest BCUT2D eigenvalue weighted by atomic mass is 10.2. The molecule has 0 aromatic carbocycles. The van der Waals surface area contributed by atoms with E-state index >= 15 is 0 Å². The molecule has 1 aromatic rings. The van der Waals surface area contributed by atoms with Crippen LogP contribution in [0.15, 0.2) is 18.2 Å². The van der Waals surface area contributed by atoms with Gasteiger partial charge in [0.05, 0.1) is 0 Å². The van der Waals surface area contributed by atoms with Crippen molar-refractivity contribution in [3.63, 3.8) is 0 Å². The van der Waals surface area contributed by atoms with Gasteiger partial charge in [-0.05, 0) is 31.9 Å². The number of halogens is 1. The summed E-state index contributed by atoms with van der Waals surface area (Å²) in [5.41, 5.74) is -0.0268. The maximum Gasteiger partial charge on any atom is 0.270 e. The van der Waals surface area contributed by atoms with E-state index in [0.29, 0.717) is 0 Å². The van der Waals surface area contributed by atoms with E-state index in [1.807, 2.05) is 0 Å². The van der Waals surface area contributed by atoms with Gasteiger partial charge in [-0.3, -0.25) is 9.59 Å². The van der Waals surface area contributed by atoms with Crippen molar-refractivity contribution in [2.75, 3.05) is 13.1 Å². The number of carbonyl (C=O) groups is 2. The van der Waals surface area contributed by atoms with Crippen LogP contribution in [-0.4, -0.2) is 40.8 Å². The number of hydrogen-bond donors (Lipinski definition) is 1. The highest BCUT2D eigenvalue weighted by Gasteiger charge is 2.24. The van der Waals surface area contributed by atoms with E-state index in [4.69, 9.17) is 0 Å². The normalized spacial score (nSPS) is 16.2. The van der Waals surface area contributed by atoms with Crippen molar-refractivity contribution in [2.24, 2.45) is 0 Å². The summed E-state index contributed by atoms with van der Waals surface area (Å²) >= 11 is 0. The summed E-state index contributed by atoms with van der Waals surface area (Å²) in [6.07, 6.45) is 2.00. The molecule has 1 unspecified atom stereocenters. The first-order valence-corrected chi connectivity index (χ1v) is 6.30. The summed E-state index contributed by atoms with van der Waals surface area (Å²) in [5.74, 6) is -1.37. The van der Waals surface area contributed by atoms with E-state index in [2.05, 4.69) is 10.3 Å². The van der Waals surface area contributed by atoms with E-state index < -0.39 is 17.9 Å². The highest BCUT2D eigenvalue weighted by molar-refractivity contribution is 5.95. The number of likely N-dealkylation sites (tertiary alicyclic amines) is 1. The summed E-state index contributed by atoms with van der Waals surface area (Å²) in [6.45, 7) is 3.09. The zero-order valence-electron chi connectivity index (χ0n) is 10.7. The minimum absolute atomic E-state index is 0.0268. The number of hydrogen-bond acceptors (Lipinski definition) is 3. The first kappa shape index (κ1) is 13.5. The highest BCUT2D eigenvalue weighted by atomic mass is 19.1. The van der Waals surface area contributed by atoms with Gasteiger partial charge in [0, 0.05) is 13.1 Å². The maximum atomic E-state index is 12.9. The number of amides is 2. The van der Waals surface area contributed by atoms with E-state index in [1.54, 1.807) is 11.8 Å². The molecule has 1 atom stereocenters. The van der Waals surface area contributed by atoms with Crippen LogP contribution < -0.4 is 5.32 Å². The molecule has 1 saturated heterocycles. The number of nitrogens with zero attached hydrogens (tertiary/aromatic N) is 2. The predicted octanol–water partition coefficient (Wildman–Crippen LogP) is 0.961. The average Bonchev–Trinajstić information content (AvgIpc) is 2.91. The fourth-order valence-corrected chi connectivity index (χ4v) is 2.08. The third kappa shape index (κ3) is 3.27. The fourth-order valence-electron chi connectivity index (χ4n) is 2.08. The Labute approximate surface area is 110 Å². The van der Waals surface area contributed by atoms with Crippen LogP contribution in [-0.2, 0) is 4.79 Å². The topological polar surface area (TPSA) is 62.3 Å². The first-order valence-electron chi connectivity index (χ1n) is 6.30. The van der Waals surface area contributed by atoms with Crippen LogP contribution in [0, 0.1) is 5.95 Å². The van der Waals surface area contributed by atoms with Crippen molar-refractivity contribution in [3.05, 3.63) is 29.8 Å². The Morgan fingerprint density at radius 1 is 1.37 bits per heavy atom. The van der Waals surface area contributed by atoms with Gasteiger partial charge in [0.2, 0.25) is 11.9 Å². The van der Waals surface area contributed by atoms with Crippen LogP contribution in [0.2, 0.25) is 0 Å². The summed E-state index contributed by atoms with van der Waals surface area (Å²) in [4.78, 5) is 29.0. The monoisotopic (exact) mass is 265 g/mol. The van der Waals surface area contributed by atoms with Crippen LogP contribution in [0.1, 0.15) is 30.3 Å². The van der Waals surface area contributed by atoms with Gasteiger partial charge >= 0.3 is 0 Å². The van der Waals surface area contributed by atoms with Crippen LogP contribution in [0.3, 0.4) is 0 Å². The summed E-state index contributed by atoms with van der Waals surface area (Å²) in [6, 6.07) is 3.35. The maximum absolute atomic E-state index is 12.9. The Morgan fingerprint density at radius 3 is 2.68 bits per heavy atom. The van der Waals surface area contributed by atoms with E-state index in [0.717, 1.165) is 32.0 Å². The van der Waals surface area contributed by atoms with Gasteiger partial charge < -0.3 is 10.2 Å². The van der Waals surface area contributed by atoms with Crippen LogP contribution in [0.4, 0.5) is 4.39 Å². The Balaban J connectivity index is 1.96. The zero-order valence-corrected chi connectivity index (χ0v) is 10.7. The minimum Gasteiger partial charge on any atom is -0.341 e. The molecule has 5 nitrogen and oxygen atoms in total. The molecule has 1 aliphatic rings. The third-order valence-electron chi connectivity index (χ3n) is 3.08. The fraction of sp³-hybridized carbons (Fsp3) is 0.462. The van der Waals surface area contributed by atoms with Gasteiger partial charge in [-0.25, -0.2) is 4.98 Å². The Kier molecular flexibility index (Phi) is 4.09. The van der Waals surface area contributed by atoms with Crippen LogP contribution in [0.5, 0.6) is 0 Å². The molecule has 2 amide bonds. The lowest BCUT2D eigenvalue weighted by molar-refractivity contribution is -0.131. The number of pyridine rings is 1. The number of rotatable bonds is 3. The van der Waals surface area contributed by atoms with E-state index in [1.165, 1.54) is 12.1 Å². The molecular weight excluding hydrogens is 249 g/mol. The Hall–Kier alpha value is -1.98. The summed E-state index contributed by atoms with van der Waals surface area (Å²) in [5, 5.41) is 2.54. The molecule has 0 saturated carbocycles. The molecule has 2 rings (SSSR count). The van der Waals surface area contributed by atoms with Crippen molar-refractivity contribution in [2.45, 2.75) is 25.8 Å². The Bertz CT molecular complexity index is 487. The van der Waals surface area contributed by atoms with E-state index in [-0.39, 0.29) is 11.6 Å². The van der Waals surface area contributed by atoms with Gasteiger partial charge in [0.1, 0.15) is 11.7 Å². The van der Waals surface area contributed by atoms with Gasteiger partial charge in [0.25, 0.3) is 5.91 Å². The van der Waals surface area contributed by atoms with Gasteiger partial charge in [-0.2, -0.15) is 4.39 Å². The van der Waals surface area contributed by atoms with Crippen molar-refractivity contribution in [3.8, 4) is 0 Å². The van der Waals surface area contributed by atoms with Crippen LogP contribution >= 0.6 is 0 Å². The number of aromatic nitrogens is 1. The van der Waals surface area contributed by atoms with Crippen molar-refractivity contribution in [1.29, 1.82) is 0 Å². The minimum atomic E-state index is -0.717. The predicted molar refractivity (Wildman–Crippen MR) is 66.9 cm³/mol. The lowest BCUT2D eigenvalue weighted by Gasteiger charge is -2.20. The summed E-state index contributed by atoms with van der Waals surface area (Å²) in [7, 11) is 0. The number of nitrogens with one attached hydrogen (secondary N) is 1. The van der Waals surface area contributed by atoms with E-state index in [9.17, 15) is 14.0 Å². The molecule has 1 aliphatic heterocycles. The number of carbonyl (C=O) groups excluding carboxylic acids is 2. The van der Waals surface area contributed by atoms with Gasteiger partial charge in [0.15, 0.2) is 0 Å². The van der Waals surface area contributed by atoms with Crippen molar-refractivity contribution < 1.29 is 14.0 Å². The molecule has 1 fully saturated rings. The second kappa shape index (κ2) is 5.77. The molecular formula is C13H16FN3O2. The molecule has 6 heteroatoms.